The van der Waals surface area contributed by atoms with Crippen molar-refractivity contribution in [1.82, 2.24) is 0 Å². The molecule has 1 heteroatoms. The predicted molar refractivity (Wildman–Crippen MR) is 94.5 cm³/mol. The van der Waals surface area contributed by atoms with Crippen LogP contribution in [0.3, 0.4) is 0 Å². The van der Waals surface area contributed by atoms with Gasteiger partial charge in [-0.25, -0.2) is 4.99 Å². The molecule has 0 fully saturated rings. The third-order valence-electron chi connectivity index (χ3n) is 3.20. The number of rotatable bonds is 3. The van der Waals surface area contributed by atoms with Gasteiger partial charge in [0.05, 0.1) is 11.4 Å². The SMILES string of the molecule is C/C=C(/C)C(=Nc1ccccc1C)c1ccccc1.C=C. The summed E-state index contributed by atoms with van der Waals surface area (Å²) in [5, 5.41) is 0. The van der Waals surface area contributed by atoms with Crippen LogP contribution in [0.4, 0.5) is 5.69 Å². The van der Waals surface area contributed by atoms with Crippen molar-refractivity contribution in [2.24, 2.45) is 4.99 Å². The molecular weight excluding hydrogens is 254 g/mol. The van der Waals surface area contributed by atoms with Crippen LogP contribution in [-0.4, -0.2) is 5.71 Å². The van der Waals surface area contributed by atoms with E-state index in [1.807, 2.05) is 37.3 Å². The Labute approximate surface area is 128 Å². The molecule has 2 rings (SSSR count). The van der Waals surface area contributed by atoms with E-state index in [0.717, 1.165) is 17.0 Å². The Bertz CT molecular complexity index is 621. The van der Waals surface area contributed by atoms with Gasteiger partial charge in [0.25, 0.3) is 0 Å². The van der Waals surface area contributed by atoms with Gasteiger partial charge in [-0.3, -0.25) is 0 Å². The van der Waals surface area contributed by atoms with Crippen LogP contribution in [0, 0.1) is 6.92 Å². The molecule has 0 bridgehead atoms. The summed E-state index contributed by atoms with van der Waals surface area (Å²) in [4.78, 5) is 4.85. The number of hydrogen-bond donors (Lipinski definition) is 0. The predicted octanol–water partition coefficient (Wildman–Crippen LogP) is 5.88. The van der Waals surface area contributed by atoms with Gasteiger partial charge in [-0.05, 0) is 38.0 Å². The Kier molecular flexibility index (Phi) is 6.90. The van der Waals surface area contributed by atoms with Gasteiger partial charge < -0.3 is 0 Å². The van der Waals surface area contributed by atoms with Crippen molar-refractivity contribution in [1.29, 1.82) is 0 Å². The molecule has 0 amide bonds. The molecule has 0 heterocycles. The summed E-state index contributed by atoms with van der Waals surface area (Å²) in [5.41, 5.74) is 5.61. The summed E-state index contributed by atoms with van der Waals surface area (Å²) in [6.07, 6.45) is 2.10. The molecule has 0 aliphatic carbocycles. The smallest absolute Gasteiger partial charge is 0.0735 e. The molecule has 0 saturated carbocycles. The minimum absolute atomic E-state index is 1.03. The standard InChI is InChI=1S/C18H19N.C2H4/c1-4-14(2)18(16-11-6-5-7-12-16)19-17-13-9-8-10-15(17)3;1-2/h4-13H,1-3H3;1-2H2/b14-4-,19-18?;. The van der Waals surface area contributed by atoms with Gasteiger partial charge in [0.1, 0.15) is 0 Å². The zero-order valence-electron chi connectivity index (χ0n) is 13.1. The molecule has 1 nitrogen and oxygen atoms in total. The number of hydrogen-bond acceptors (Lipinski definition) is 1. The lowest BCUT2D eigenvalue weighted by Gasteiger charge is -2.08. The van der Waals surface area contributed by atoms with E-state index in [4.69, 9.17) is 4.99 Å². The Hall–Kier alpha value is -2.41. The number of aliphatic imine (C=N–C) groups is 1. The van der Waals surface area contributed by atoms with E-state index in [9.17, 15) is 0 Å². The fourth-order valence-electron chi connectivity index (χ4n) is 1.92. The number of allylic oxidation sites excluding steroid dienone is 2. The molecule has 2 aromatic carbocycles. The van der Waals surface area contributed by atoms with E-state index in [-0.39, 0.29) is 0 Å². The van der Waals surface area contributed by atoms with Crippen LogP contribution >= 0.6 is 0 Å². The van der Waals surface area contributed by atoms with Crippen LogP contribution in [0.15, 0.2) is 84.4 Å². The van der Waals surface area contributed by atoms with Gasteiger partial charge in [0, 0.05) is 5.56 Å². The normalized spacial score (nSPS) is 11.6. The third-order valence-corrected chi connectivity index (χ3v) is 3.20. The first-order valence-electron chi connectivity index (χ1n) is 7.05. The van der Waals surface area contributed by atoms with Crippen molar-refractivity contribution in [2.45, 2.75) is 20.8 Å². The number of nitrogens with zero attached hydrogens (tertiary/aromatic N) is 1. The number of benzene rings is 2. The maximum atomic E-state index is 4.85. The van der Waals surface area contributed by atoms with Gasteiger partial charge in [-0.1, -0.05) is 54.6 Å². The number of para-hydroxylation sites is 1. The van der Waals surface area contributed by atoms with Crippen molar-refractivity contribution in [3.05, 3.63) is 90.5 Å². The highest BCUT2D eigenvalue weighted by Gasteiger charge is 2.06. The van der Waals surface area contributed by atoms with Crippen molar-refractivity contribution in [2.75, 3.05) is 0 Å². The Morgan fingerprint density at radius 1 is 0.952 bits per heavy atom. The monoisotopic (exact) mass is 277 g/mol. The van der Waals surface area contributed by atoms with Crippen LogP contribution in [0.2, 0.25) is 0 Å². The van der Waals surface area contributed by atoms with E-state index in [1.165, 1.54) is 11.1 Å². The molecule has 21 heavy (non-hydrogen) atoms. The molecule has 0 saturated heterocycles. The first-order chi connectivity index (χ1) is 10.2. The molecule has 0 spiro atoms. The van der Waals surface area contributed by atoms with Crippen LogP contribution in [0.25, 0.3) is 0 Å². The largest absolute Gasteiger partial charge is 0.248 e. The van der Waals surface area contributed by atoms with Crippen molar-refractivity contribution >= 4 is 11.4 Å². The average molecular weight is 277 g/mol. The van der Waals surface area contributed by atoms with Crippen LogP contribution < -0.4 is 0 Å². The highest BCUT2D eigenvalue weighted by molar-refractivity contribution is 6.13. The second-order valence-electron chi connectivity index (χ2n) is 4.58. The summed E-state index contributed by atoms with van der Waals surface area (Å²) in [5.74, 6) is 0. The first-order valence-corrected chi connectivity index (χ1v) is 7.05. The lowest BCUT2D eigenvalue weighted by molar-refractivity contribution is 1.37. The lowest BCUT2D eigenvalue weighted by Crippen LogP contribution is -2.02. The van der Waals surface area contributed by atoms with Crippen LogP contribution in [-0.2, 0) is 0 Å². The maximum Gasteiger partial charge on any atom is 0.0735 e. The van der Waals surface area contributed by atoms with E-state index >= 15 is 0 Å². The molecule has 0 aromatic heterocycles. The van der Waals surface area contributed by atoms with E-state index in [0.29, 0.717) is 0 Å². The van der Waals surface area contributed by atoms with Crippen molar-refractivity contribution in [3.63, 3.8) is 0 Å². The average Bonchev–Trinajstić information content (AvgIpc) is 2.56. The van der Waals surface area contributed by atoms with E-state index < -0.39 is 0 Å². The second-order valence-corrected chi connectivity index (χ2v) is 4.58. The van der Waals surface area contributed by atoms with E-state index in [1.54, 1.807) is 0 Å². The summed E-state index contributed by atoms with van der Waals surface area (Å²) in [6.45, 7) is 12.2. The molecule has 0 atom stereocenters. The second kappa shape index (κ2) is 8.70. The molecular formula is C20H23N. The Morgan fingerprint density at radius 2 is 1.52 bits per heavy atom. The fraction of sp³-hybridized carbons (Fsp3) is 0.150. The summed E-state index contributed by atoms with van der Waals surface area (Å²) < 4.78 is 0. The fourth-order valence-corrected chi connectivity index (χ4v) is 1.92. The van der Waals surface area contributed by atoms with Gasteiger partial charge >= 0.3 is 0 Å². The molecule has 0 unspecified atom stereocenters. The molecule has 0 radical (unpaired) electrons. The van der Waals surface area contributed by atoms with Crippen LogP contribution in [0.5, 0.6) is 0 Å². The molecule has 2 aromatic rings. The molecule has 0 N–H and O–H groups in total. The minimum atomic E-state index is 1.03. The minimum Gasteiger partial charge on any atom is -0.248 e. The van der Waals surface area contributed by atoms with Crippen molar-refractivity contribution in [3.8, 4) is 0 Å². The molecule has 108 valence electrons. The third kappa shape index (κ3) is 4.57. The topological polar surface area (TPSA) is 12.4 Å². The summed E-state index contributed by atoms with van der Waals surface area (Å²) >= 11 is 0. The summed E-state index contributed by atoms with van der Waals surface area (Å²) in [6, 6.07) is 18.5. The lowest BCUT2D eigenvalue weighted by atomic mass is 10.0. The Morgan fingerprint density at radius 3 is 2.10 bits per heavy atom. The van der Waals surface area contributed by atoms with Gasteiger partial charge in [-0.15, -0.1) is 13.2 Å². The highest BCUT2D eigenvalue weighted by Crippen LogP contribution is 2.21. The maximum absolute atomic E-state index is 4.85. The van der Waals surface area contributed by atoms with Gasteiger partial charge in [0.15, 0.2) is 0 Å². The Balaban J connectivity index is 0.00000106. The first kappa shape index (κ1) is 16.6. The molecule has 0 aliphatic heterocycles. The van der Waals surface area contributed by atoms with Gasteiger partial charge in [-0.2, -0.15) is 0 Å². The number of aryl methyl sites for hydroxylation is 1. The van der Waals surface area contributed by atoms with Crippen LogP contribution in [0.1, 0.15) is 25.0 Å². The quantitative estimate of drug-likeness (QED) is 0.490. The highest BCUT2D eigenvalue weighted by atomic mass is 14.8. The zero-order valence-corrected chi connectivity index (χ0v) is 13.1. The molecule has 0 aliphatic rings. The zero-order chi connectivity index (χ0) is 15.7. The van der Waals surface area contributed by atoms with Crippen molar-refractivity contribution < 1.29 is 0 Å². The van der Waals surface area contributed by atoms with Gasteiger partial charge in [0.2, 0.25) is 0 Å². The van der Waals surface area contributed by atoms with E-state index in [2.05, 4.69) is 57.3 Å². The summed E-state index contributed by atoms with van der Waals surface area (Å²) in [7, 11) is 0.